The quantitative estimate of drug-likeness (QED) is 0.194. The highest BCUT2D eigenvalue weighted by molar-refractivity contribution is 6.30. The molecule has 5 aromatic rings. The number of carbonyl (C=O) groups excluding carboxylic acids is 1. The van der Waals surface area contributed by atoms with E-state index in [1.807, 2.05) is 66.7 Å². The number of hydrogen-bond acceptors (Lipinski definition) is 4. The fourth-order valence-electron chi connectivity index (χ4n) is 4.09. The third kappa shape index (κ3) is 5.47. The average molecular weight is 508 g/mol. The summed E-state index contributed by atoms with van der Waals surface area (Å²) in [5.74, 6) is 0.844. The number of carbonyl (C=O) groups is 1. The van der Waals surface area contributed by atoms with Crippen LogP contribution in [0.2, 0.25) is 5.02 Å². The molecule has 0 aliphatic rings. The summed E-state index contributed by atoms with van der Waals surface area (Å²) in [5.41, 5.74) is 7.70. The van der Waals surface area contributed by atoms with E-state index in [1.165, 1.54) is 11.8 Å². The van der Waals surface area contributed by atoms with Crippen molar-refractivity contribution in [3.8, 4) is 22.6 Å². The van der Waals surface area contributed by atoms with E-state index < -0.39 is 0 Å². The molecule has 1 amide bonds. The van der Waals surface area contributed by atoms with Gasteiger partial charge in [-0.3, -0.25) is 4.79 Å². The van der Waals surface area contributed by atoms with Crippen molar-refractivity contribution in [3.05, 3.63) is 113 Å². The maximum absolute atomic E-state index is 13.2. The first-order valence-corrected chi connectivity index (χ1v) is 12.4. The van der Waals surface area contributed by atoms with E-state index in [2.05, 4.69) is 43.4 Å². The van der Waals surface area contributed by atoms with Gasteiger partial charge in [-0.25, -0.2) is 10.4 Å². The van der Waals surface area contributed by atoms with Crippen LogP contribution in [0.15, 0.2) is 101 Å². The van der Waals surface area contributed by atoms with Gasteiger partial charge < -0.3 is 4.42 Å². The highest BCUT2D eigenvalue weighted by Crippen LogP contribution is 2.28. The predicted molar refractivity (Wildman–Crippen MR) is 150 cm³/mol. The largest absolute Gasteiger partial charge is 0.455 e. The van der Waals surface area contributed by atoms with Crippen LogP contribution in [0.3, 0.4) is 0 Å². The van der Waals surface area contributed by atoms with Crippen molar-refractivity contribution in [2.75, 3.05) is 0 Å². The second-order valence-corrected chi connectivity index (χ2v) is 10.2. The number of hydrogen-bond donors (Lipinski definition) is 1. The third-order valence-electron chi connectivity index (χ3n) is 6.10. The van der Waals surface area contributed by atoms with Crippen LogP contribution < -0.4 is 5.43 Å². The molecule has 184 valence electrons. The van der Waals surface area contributed by atoms with Crippen LogP contribution in [-0.2, 0) is 5.41 Å². The zero-order chi connectivity index (χ0) is 26.0. The summed E-state index contributed by atoms with van der Waals surface area (Å²) in [4.78, 5) is 18.0. The van der Waals surface area contributed by atoms with Crippen molar-refractivity contribution in [2.24, 2.45) is 5.10 Å². The molecule has 0 aliphatic carbocycles. The number of rotatable bonds is 5. The van der Waals surface area contributed by atoms with Crippen molar-refractivity contribution < 1.29 is 9.21 Å². The van der Waals surface area contributed by atoms with Crippen molar-refractivity contribution in [2.45, 2.75) is 26.2 Å². The van der Waals surface area contributed by atoms with Crippen LogP contribution in [0, 0.1) is 0 Å². The number of nitrogens with zero attached hydrogens (tertiary/aromatic N) is 2. The number of aromatic nitrogens is 1. The number of fused-ring (bicyclic) bond motifs is 1. The maximum atomic E-state index is 13.2. The highest BCUT2D eigenvalue weighted by atomic mass is 35.5. The molecule has 0 bridgehead atoms. The summed E-state index contributed by atoms with van der Waals surface area (Å²) in [6.07, 6.45) is 1.47. The summed E-state index contributed by atoms with van der Waals surface area (Å²) in [7, 11) is 0. The van der Waals surface area contributed by atoms with Crippen LogP contribution >= 0.6 is 11.6 Å². The van der Waals surface area contributed by atoms with Gasteiger partial charge in [-0.05, 0) is 47.4 Å². The molecule has 2 aromatic heterocycles. The third-order valence-corrected chi connectivity index (χ3v) is 6.34. The number of para-hydroxylation sites is 1. The Hall–Kier alpha value is -4.22. The molecular formula is C31H26ClN3O2. The normalized spacial score (nSPS) is 11.8. The number of benzene rings is 3. The van der Waals surface area contributed by atoms with Gasteiger partial charge in [-0.1, -0.05) is 87.0 Å². The predicted octanol–water partition coefficient (Wildman–Crippen LogP) is 7.88. The Morgan fingerprint density at radius 2 is 1.70 bits per heavy atom. The number of pyridine rings is 1. The lowest BCUT2D eigenvalue weighted by atomic mass is 9.86. The number of amides is 1. The molecular weight excluding hydrogens is 482 g/mol. The molecule has 0 fully saturated rings. The lowest BCUT2D eigenvalue weighted by molar-refractivity contribution is 0.0956. The molecule has 0 saturated heterocycles. The van der Waals surface area contributed by atoms with Gasteiger partial charge in [0, 0.05) is 21.5 Å². The second-order valence-electron chi connectivity index (χ2n) is 9.81. The number of furan rings is 1. The molecule has 5 rings (SSSR count). The molecule has 2 heterocycles. The van der Waals surface area contributed by atoms with Gasteiger partial charge in [0.25, 0.3) is 5.91 Å². The maximum Gasteiger partial charge on any atom is 0.272 e. The second kappa shape index (κ2) is 10.0. The summed E-state index contributed by atoms with van der Waals surface area (Å²) in [6.45, 7) is 6.54. The Labute approximate surface area is 220 Å². The van der Waals surface area contributed by atoms with Crippen LogP contribution in [0.25, 0.3) is 33.5 Å². The van der Waals surface area contributed by atoms with Crippen molar-refractivity contribution in [1.82, 2.24) is 10.4 Å². The molecule has 6 heteroatoms. The van der Waals surface area contributed by atoms with Crippen LogP contribution in [-0.4, -0.2) is 17.1 Å². The molecule has 0 radical (unpaired) electrons. The van der Waals surface area contributed by atoms with Crippen LogP contribution in [0.5, 0.6) is 0 Å². The van der Waals surface area contributed by atoms with Crippen LogP contribution in [0.4, 0.5) is 0 Å². The van der Waals surface area contributed by atoms with Crippen LogP contribution in [0.1, 0.15) is 42.5 Å². The van der Waals surface area contributed by atoms with Gasteiger partial charge >= 0.3 is 0 Å². The van der Waals surface area contributed by atoms with Gasteiger partial charge in [-0.15, -0.1) is 0 Å². The van der Waals surface area contributed by atoms with Gasteiger partial charge in [0.1, 0.15) is 11.5 Å². The van der Waals surface area contributed by atoms with E-state index in [0.717, 1.165) is 27.7 Å². The van der Waals surface area contributed by atoms with Gasteiger partial charge in [0.2, 0.25) is 0 Å². The van der Waals surface area contributed by atoms with E-state index in [4.69, 9.17) is 21.0 Å². The molecule has 0 saturated carbocycles. The molecule has 0 aliphatic heterocycles. The molecule has 0 atom stereocenters. The first-order chi connectivity index (χ1) is 17.8. The van der Waals surface area contributed by atoms with Gasteiger partial charge in [0.05, 0.1) is 23.0 Å². The van der Waals surface area contributed by atoms with Gasteiger partial charge in [0.15, 0.2) is 0 Å². The molecule has 37 heavy (non-hydrogen) atoms. The highest BCUT2D eigenvalue weighted by Gasteiger charge is 2.16. The Morgan fingerprint density at radius 1 is 0.919 bits per heavy atom. The lowest BCUT2D eigenvalue weighted by Crippen LogP contribution is -2.18. The Kier molecular flexibility index (Phi) is 6.64. The average Bonchev–Trinajstić information content (AvgIpc) is 3.36. The zero-order valence-electron chi connectivity index (χ0n) is 20.8. The van der Waals surface area contributed by atoms with E-state index in [9.17, 15) is 4.79 Å². The summed E-state index contributed by atoms with van der Waals surface area (Å²) < 4.78 is 5.82. The van der Waals surface area contributed by atoms with E-state index in [0.29, 0.717) is 22.1 Å². The fraction of sp³-hybridized carbons (Fsp3) is 0.129. The van der Waals surface area contributed by atoms with E-state index >= 15 is 0 Å². The van der Waals surface area contributed by atoms with Crippen molar-refractivity contribution in [3.63, 3.8) is 0 Å². The lowest BCUT2D eigenvalue weighted by Gasteiger charge is -2.19. The monoisotopic (exact) mass is 507 g/mol. The number of hydrazone groups is 1. The number of nitrogens with one attached hydrogen (secondary N) is 1. The van der Waals surface area contributed by atoms with Crippen molar-refractivity contribution >= 4 is 34.6 Å². The molecule has 1 N–H and O–H groups in total. The minimum absolute atomic E-state index is 0.0568. The smallest absolute Gasteiger partial charge is 0.272 e. The number of halogens is 1. The Balaban J connectivity index is 1.39. The molecule has 0 spiro atoms. The SMILES string of the molecule is CC(C)(C)c1ccc(-c2cc(C(=O)NN=Cc3ccc(-c4cccc(Cl)c4)o3)c3ccccc3n2)cc1. The van der Waals surface area contributed by atoms with E-state index in [1.54, 1.807) is 12.1 Å². The van der Waals surface area contributed by atoms with E-state index in [-0.39, 0.29) is 11.3 Å². The first kappa shape index (κ1) is 24.5. The zero-order valence-corrected chi connectivity index (χ0v) is 21.6. The first-order valence-electron chi connectivity index (χ1n) is 12.0. The topological polar surface area (TPSA) is 67.5 Å². The minimum Gasteiger partial charge on any atom is -0.455 e. The summed E-state index contributed by atoms with van der Waals surface area (Å²) >= 11 is 6.07. The summed E-state index contributed by atoms with van der Waals surface area (Å²) in [5, 5.41) is 5.51. The molecule has 5 nitrogen and oxygen atoms in total. The summed E-state index contributed by atoms with van der Waals surface area (Å²) in [6, 6.07) is 28.7. The van der Waals surface area contributed by atoms with Crippen molar-refractivity contribution in [1.29, 1.82) is 0 Å². The molecule has 0 unspecified atom stereocenters. The Morgan fingerprint density at radius 3 is 2.46 bits per heavy atom. The van der Waals surface area contributed by atoms with Gasteiger partial charge in [-0.2, -0.15) is 5.10 Å². The standard InChI is InChI=1S/C31H26ClN3O2/c1-31(2,3)22-13-11-20(12-14-22)28-18-26(25-9-4-5-10-27(25)34-28)30(36)35-33-19-24-15-16-29(37-24)21-7-6-8-23(32)17-21/h4-19H,1-3H3,(H,35,36). The molecule has 3 aromatic carbocycles. The minimum atomic E-state index is -0.330. The Bertz CT molecular complexity index is 1610. The fourth-order valence-corrected chi connectivity index (χ4v) is 4.28.